The second-order valence-electron chi connectivity index (χ2n) is 8.37. The van der Waals surface area contributed by atoms with Gasteiger partial charge in [0.05, 0.1) is 16.9 Å². The summed E-state index contributed by atoms with van der Waals surface area (Å²) in [5, 5.41) is 18.4. The third kappa shape index (κ3) is 5.15. The number of nitriles is 1. The molecule has 31 heavy (non-hydrogen) atoms. The number of anilines is 1. The summed E-state index contributed by atoms with van der Waals surface area (Å²) in [5.41, 5.74) is 2.31. The molecule has 0 bridgehead atoms. The molecular formula is C22H26N4O3S2. The van der Waals surface area contributed by atoms with Gasteiger partial charge in [0, 0.05) is 30.1 Å². The predicted octanol–water partition coefficient (Wildman–Crippen LogP) is 3.00. The Kier molecular flexibility index (Phi) is 6.44. The minimum absolute atomic E-state index is 0.0107. The molecule has 1 aromatic carbocycles. The van der Waals surface area contributed by atoms with Crippen molar-refractivity contribution >= 4 is 32.3 Å². The summed E-state index contributed by atoms with van der Waals surface area (Å²) < 4.78 is 22.7. The average Bonchev–Trinajstić information content (AvgIpc) is 3.34. The van der Waals surface area contributed by atoms with Gasteiger partial charge in [0.25, 0.3) is 0 Å². The fourth-order valence-corrected chi connectivity index (χ4v) is 6.20. The van der Waals surface area contributed by atoms with Gasteiger partial charge in [-0.25, -0.2) is 13.6 Å². The first-order chi connectivity index (χ1) is 14.8. The van der Waals surface area contributed by atoms with Crippen molar-refractivity contribution in [2.45, 2.75) is 50.0 Å². The number of nitrogens with two attached hydrogens (primary N) is 1. The van der Waals surface area contributed by atoms with Crippen LogP contribution in [0.2, 0.25) is 0 Å². The molecule has 0 atom stereocenters. The molecular weight excluding hydrogens is 432 g/mol. The zero-order chi connectivity index (χ0) is 22.0. The average molecular weight is 459 g/mol. The Bertz CT molecular complexity index is 1110. The zero-order valence-electron chi connectivity index (χ0n) is 17.3. The number of hydrogen-bond acceptors (Lipinski definition) is 6. The Morgan fingerprint density at radius 1 is 1.26 bits per heavy atom. The Morgan fingerprint density at radius 2 is 1.97 bits per heavy atom. The van der Waals surface area contributed by atoms with Crippen LogP contribution in [0.5, 0.6) is 0 Å². The molecule has 9 heteroatoms. The van der Waals surface area contributed by atoms with E-state index in [1.165, 1.54) is 54.0 Å². The van der Waals surface area contributed by atoms with Gasteiger partial charge in [-0.3, -0.25) is 9.69 Å². The third-order valence-electron chi connectivity index (χ3n) is 6.10. The number of nitrogens with one attached hydrogen (secondary N) is 1. The summed E-state index contributed by atoms with van der Waals surface area (Å²) in [6, 6.07) is 8.23. The molecule has 3 N–H and O–H groups in total. The molecule has 0 unspecified atom stereocenters. The first-order valence-corrected chi connectivity index (χ1v) is 12.9. The second kappa shape index (κ2) is 9.09. The Balaban J connectivity index is 1.43. The Morgan fingerprint density at radius 3 is 2.61 bits per heavy atom. The number of thiophene rings is 1. The molecule has 1 amide bonds. The van der Waals surface area contributed by atoms with Crippen LogP contribution in [0.15, 0.2) is 29.2 Å². The molecule has 1 saturated carbocycles. The second-order valence-corrected chi connectivity index (χ2v) is 11.0. The summed E-state index contributed by atoms with van der Waals surface area (Å²) in [6.45, 7) is 2.87. The number of benzene rings is 1. The molecule has 0 saturated heterocycles. The van der Waals surface area contributed by atoms with Crippen LogP contribution < -0.4 is 10.5 Å². The zero-order valence-corrected chi connectivity index (χ0v) is 18.9. The molecule has 0 spiro atoms. The molecule has 2 heterocycles. The van der Waals surface area contributed by atoms with Gasteiger partial charge in [-0.05, 0) is 42.9 Å². The molecule has 4 rings (SSSR count). The maximum atomic E-state index is 12.6. The lowest BCUT2D eigenvalue weighted by Gasteiger charge is -2.29. The van der Waals surface area contributed by atoms with E-state index in [4.69, 9.17) is 5.14 Å². The number of sulfonamides is 1. The first-order valence-electron chi connectivity index (χ1n) is 10.5. The van der Waals surface area contributed by atoms with Crippen LogP contribution in [0.4, 0.5) is 5.00 Å². The molecule has 7 nitrogen and oxygen atoms in total. The van der Waals surface area contributed by atoms with E-state index in [-0.39, 0.29) is 17.2 Å². The molecule has 1 aliphatic heterocycles. The van der Waals surface area contributed by atoms with E-state index in [0.717, 1.165) is 37.5 Å². The van der Waals surface area contributed by atoms with Gasteiger partial charge in [-0.1, -0.05) is 25.0 Å². The van der Waals surface area contributed by atoms with E-state index in [1.54, 1.807) is 12.1 Å². The largest absolute Gasteiger partial charge is 0.316 e. The number of fused-ring (bicyclic) bond motifs is 1. The van der Waals surface area contributed by atoms with Crippen molar-refractivity contribution in [2.24, 2.45) is 11.1 Å². The molecule has 2 aliphatic rings. The normalized spacial score (nSPS) is 17.3. The van der Waals surface area contributed by atoms with E-state index < -0.39 is 10.0 Å². The highest BCUT2D eigenvalue weighted by Crippen LogP contribution is 2.37. The SMILES string of the molecule is N#Cc1c(NC(=O)Cc2ccc(S(N)(=O)=O)cc2)sc2c1CN(CC1CCCC1)CC2. The lowest BCUT2D eigenvalue weighted by Crippen LogP contribution is -2.33. The van der Waals surface area contributed by atoms with Gasteiger partial charge >= 0.3 is 0 Å². The molecule has 2 aromatic rings. The number of rotatable bonds is 6. The lowest BCUT2D eigenvalue weighted by molar-refractivity contribution is -0.115. The fraction of sp³-hybridized carbons (Fsp3) is 0.455. The number of hydrogen-bond donors (Lipinski definition) is 2. The van der Waals surface area contributed by atoms with Gasteiger partial charge in [0.15, 0.2) is 0 Å². The maximum Gasteiger partial charge on any atom is 0.238 e. The van der Waals surface area contributed by atoms with Gasteiger partial charge in [-0.2, -0.15) is 5.26 Å². The van der Waals surface area contributed by atoms with E-state index >= 15 is 0 Å². The van der Waals surface area contributed by atoms with E-state index in [1.807, 2.05) is 0 Å². The maximum absolute atomic E-state index is 12.6. The summed E-state index contributed by atoms with van der Waals surface area (Å²) >= 11 is 1.50. The van der Waals surface area contributed by atoms with E-state index in [2.05, 4.69) is 16.3 Å². The Hall–Kier alpha value is -2.25. The van der Waals surface area contributed by atoms with E-state index in [9.17, 15) is 18.5 Å². The van der Waals surface area contributed by atoms with Crippen LogP contribution in [0.3, 0.4) is 0 Å². The van der Waals surface area contributed by atoms with Crippen LogP contribution in [-0.2, 0) is 34.2 Å². The lowest BCUT2D eigenvalue weighted by atomic mass is 10.0. The van der Waals surface area contributed by atoms with Gasteiger partial charge in [-0.15, -0.1) is 11.3 Å². The highest BCUT2D eigenvalue weighted by molar-refractivity contribution is 7.89. The standard InChI is InChI=1S/C22H26N4O3S2/c23-12-18-19-14-26(13-16-3-1-2-4-16)10-9-20(19)30-22(18)25-21(27)11-15-5-7-17(8-6-15)31(24,28)29/h5-8,16H,1-4,9-11,13-14H2,(H,25,27)(H2,24,28,29). The van der Waals surface area contributed by atoms with Crippen molar-refractivity contribution in [3.63, 3.8) is 0 Å². The molecule has 1 aliphatic carbocycles. The smallest absolute Gasteiger partial charge is 0.238 e. The number of primary sulfonamides is 1. The summed E-state index contributed by atoms with van der Waals surface area (Å²) in [4.78, 5) is 16.2. The number of carbonyl (C=O) groups excluding carboxylic acids is 1. The predicted molar refractivity (Wildman–Crippen MR) is 120 cm³/mol. The van der Waals surface area contributed by atoms with Crippen LogP contribution in [-0.4, -0.2) is 32.3 Å². The van der Waals surface area contributed by atoms with Crippen LogP contribution in [0.1, 0.15) is 47.3 Å². The Labute approximate surface area is 186 Å². The topological polar surface area (TPSA) is 116 Å². The minimum Gasteiger partial charge on any atom is -0.316 e. The summed E-state index contributed by atoms with van der Waals surface area (Å²) in [6.07, 6.45) is 6.26. The number of amides is 1. The van der Waals surface area contributed by atoms with Crippen LogP contribution in [0, 0.1) is 17.2 Å². The van der Waals surface area contributed by atoms with Crippen molar-refractivity contribution in [3.8, 4) is 6.07 Å². The van der Waals surface area contributed by atoms with Crippen LogP contribution in [0.25, 0.3) is 0 Å². The number of nitrogens with zero attached hydrogens (tertiary/aromatic N) is 2. The summed E-state index contributed by atoms with van der Waals surface area (Å²) in [7, 11) is -3.76. The molecule has 1 fully saturated rings. The van der Waals surface area contributed by atoms with Crippen molar-refractivity contribution in [2.75, 3.05) is 18.4 Å². The summed E-state index contributed by atoms with van der Waals surface area (Å²) in [5.74, 6) is 0.534. The van der Waals surface area contributed by atoms with Crippen LogP contribution >= 0.6 is 11.3 Å². The molecule has 164 valence electrons. The first kappa shape index (κ1) is 22.0. The fourth-order valence-electron chi connectivity index (χ4n) is 4.52. The highest BCUT2D eigenvalue weighted by atomic mass is 32.2. The molecule has 1 aromatic heterocycles. The highest BCUT2D eigenvalue weighted by Gasteiger charge is 2.27. The van der Waals surface area contributed by atoms with E-state index in [0.29, 0.717) is 16.1 Å². The van der Waals surface area contributed by atoms with Crippen molar-refractivity contribution in [1.82, 2.24) is 4.90 Å². The van der Waals surface area contributed by atoms with Gasteiger partial charge < -0.3 is 5.32 Å². The van der Waals surface area contributed by atoms with Crippen molar-refractivity contribution < 1.29 is 13.2 Å². The van der Waals surface area contributed by atoms with Gasteiger partial charge in [0.1, 0.15) is 11.1 Å². The molecule has 0 radical (unpaired) electrons. The quantitative estimate of drug-likeness (QED) is 0.690. The van der Waals surface area contributed by atoms with Crippen molar-refractivity contribution in [1.29, 1.82) is 5.26 Å². The monoisotopic (exact) mass is 458 g/mol. The van der Waals surface area contributed by atoms with Gasteiger partial charge in [0.2, 0.25) is 15.9 Å². The number of carbonyl (C=O) groups is 1. The third-order valence-corrected chi connectivity index (χ3v) is 8.24. The minimum atomic E-state index is -3.76. The van der Waals surface area contributed by atoms with Crippen molar-refractivity contribution in [3.05, 3.63) is 45.8 Å².